The molecule has 2 aromatic carbocycles. The second-order valence-electron chi connectivity index (χ2n) is 7.67. The van der Waals surface area contributed by atoms with Crippen LogP contribution >= 0.6 is 11.6 Å². The zero-order chi connectivity index (χ0) is 21.6. The van der Waals surface area contributed by atoms with Crippen LogP contribution in [0.25, 0.3) is 0 Å². The molecule has 3 aromatic rings. The highest BCUT2D eigenvalue weighted by Gasteiger charge is 2.23. The Morgan fingerprint density at radius 1 is 1.10 bits per heavy atom. The molecule has 8 heteroatoms. The molecule has 1 atom stereocenters. The average molecular weight is 440 g/mol. The van der Waals surface area contributed by atoms with E-state index in [4.69, 9.17) is 16.3 Å². The van der Waals surface area contributed by atoms with Crippen LogP contribution in [0, 0.1) is 0 Å². The minimum absolute atomic E-state index is 0.0375. The Morgan fingerprint density at radius 2 is 1.87 bits per heavy atom. The summed E-state index contributed by atoms with van der Waals surface area (Å²) < 4.78 is 7.66. The van der Waals surface area contributed by atoms with Crippen LogP contribution in [0.3, 0.4) is 0 Å². The van der Waals surface area contributed by atoms with Crippen LogP contribution in [-0.2, 0) is 24.3 Å². The summed E-state index contributed by atoms with van der Waals surface area (Å²) in [6, 6.07) is 17.0. The topological polar surface area (TPSA) is 72.3 Å². The highest BCUT2D eigenvalue weighted by molar-refractivity contribution is 6.30. The van der Waals surface area contributed by atoms with Crippen molar-refractivity contribution in [1.82, 2.24) is 25.0 Å². The molecule has 0 bridgehead atoms. The molecule has 7 nitrogen and oxygen atoms in total. The van der Waals surface area contributed by atoms with Crippen molar-refractivity contribution in [2.45, 2.75) is 32.5 Å². The molecule has 162 valence electrons. The standard InChI is InChI=1S/C23H26ClN5O2/c1-17(25-22(30)16-31-20-5-3-2-4-6-20)23-27-26-21-11-12-28(13-14-29(21)23)15-18-7-9-19(24)10-8-18/h2-10,17H,11-16H2,1H3,(H,25,30). The fraction of sp³-hybridized carbons (Fsp3) is 0.348. The highest BCUT2D eigenvalue weighted by atomic mass is 35.5. The summed E-state index contributed by atoms with van der Waals surface area (Å²) in [5.74, 6) is 2.21. The number of aromatic nitrogens is 3. The molecule has 4 rings (SSSR count). The van der Waals surface area contributed by atoms with E-state index in [0.29, 0.717) is 5.75 Å². The predicted molar refractivity (Wildman–Crippen MR) is 119 cm³/mol. The van der Waals surface area contributed by atoms with Crippen LogP contribution < -0.4 is 10.1 Å². The van der Waals surface area contributed by atoms with E-state index in [-0.39, 0.29) is 18.6 Å². The summed E-state index contributed by atoms with van der Waals surface area (Å²) >= 11 is 5.99. The Balaban J connectivity index is 1.33. The van der Waals surface area contributed by atoms with E-state index < -0.39 is 0 Å². The normalized spacial score (nSPS) is 15.0. The Hall–Kier alpha value is -2.90. The van der Waals surface area contributed by atoms with Crippen molar-refractivity contribution in [3.8, 4) is 5.75 Å². The number of hydrogen-bond acceptors (Lipinski definition) is 5. The summed E-state index contributed by atoms with van der Waals surface area (Å²) in [6.07, 6.45) is 0.818. The predicted octanol–water partition coefficient (Wildman–Crippen LogP) is 3.25. The second-order valence-corrected chi connectivity index (χ2v) is 8.11. The maximum absolute atomic E-state index is 12.3. The molecule has 1 aromatic heterocycles. The van der Waals surface area contributed by atoms with Gasteiger partial charge in [-0.05, 0) is 36.8 Å². The third-order valence-electron chi connectivity index (χ3n) is 5.34. The molecule has 2 heterocycles. The molecule has 1 unspecified atom stereocenters. The van der Waals surface area contributed by atoms with Gasteiger partial charge in [-0.15, -0.1) is 10.2 Å². The molecule has 1 aliphatic rings. The van der Waals surface area contributed by atoms with Crippen molar-refractivity contribution in [2.24, 2.45) is 0 Å². The summed E-state index contributed by atoms with van der Waals surface area (Å²) in [6.45, 7) is 5.34. The maximum atomic E-state index is 12.3. The van der Waals surface area contributed by atoms with E-state index in [9.17, 15) is 4.79 Å². The summed E-state index contributed by atoms with van der Waals surface area (Å²) in [5, 5.41) is 12.4. The Morgan fingerprint density at radius 3 is 2.65 bits per heavy atom. The first-order valence-electron chi connectivity index (χ1n) is 10.4. The first-order chi connectivity index (χ1) is 15.1. The van der Waals surface area contributed by atoms with Crippen molar-refractivity contribution < 1.29 is 9.53 Å². The molecule has 0 aliphatic carbocycles. The third kappa shape index (κ3) is 5.62. The van der Waals surface area contributed by atoms with Gasteiger partial charge < -0.3 is 14.6 Å². The lowest BCUT2D eigenvalue weighted by Crippen LogP contribution is -2.33. The lowest BCUT2D eigenvalue weighted by molar-refractivity contribution is -0.123. The number of rotatable bonds is 7. The fourth-order valence-corrected chi connectivity index (χ4v) is 3.85. The summed E-state index contributed by atoms with van der Waals surface area (Å²) in [4.78, 5) is 14.7. The number of carbonyl (C=O) groups excluding carboxylic acids is 1. The van der Waals surface area contributed by atoms with Crippen LogP contribution in [0.1, 0.15) is 30.2 Å². The second kappa shape index (κ2) is 9.94. The van der Waals surface area contributed by atoms with Crippen molar-refractivity contribution >= 4 is 17.5 Å². The van der Waals surface area contributed by atoms with Gasteiger partial charge in [0.25, 0.3) is 5.91 Å². The van der Waals surface area contributed by atoms with E-state index in [0.717, 1.165) is 49.3 Å². The molecule has 1 aliphatic heterocycles. The van der Waals surface area contributed by atoms with Gasteiger partial charge in [-0.3, -0.25) is 9.69 Å². The zero-order valence-corrected chi connectivity index (χ0v) is 18.3. The number of carbonyl (C=O) groups is 1. The highest BCUT2D eigenvalue weighted by Crippen LogP contribution is 2.18. The number of hydrogen-bond donors (Lipinski definition) is 1. The monoisotopic (exact) mass is 439 g/mol. The Labute approximate surface area is 187 Å². The molecular weight excluding hydrogens is 414 g/mol. The van der Waals surface area contributed by atoms with Gasteiger partial charge in [0, 0.05) is 37.6 Å². The van der Waals surface area contributed by atoms with Gasteiger partial charge in [0.15, 0.2) is 12.4 Å². The number of halogens is 1. The van der Waals surface area contributed by atoms with Crippen molar-refractivity contribution in [3.63, 3.8) is 0 Å². The third-order valence-corrected chi connectivity index (χ3v) is 5.60. The van der Waals surface area contributed by atoms with Crippen molar-refractivity contribution in [2.75, 3.05) is 19.7 Å². The molecule has 1 amide bonds. The van der Waals surface area contributed by atoms with Gasteiger partial charge in [0.05, 0.1) is 6.04 Å². The van der Waals surface area contributed by atoms with Gasteiger partial charge in [0.2, 0.25) is 0 Å². The van der Waals surface area contributed by atoms with Crippen molar-refractivity contribution in [3.05, 3.63) is 76.8 Å². The first-order valence-corrected chi connectivity index (χ1v) is 10.8. The SMILES string of the molecule is CC(NC(=O)COc1ccccc1)c1nnc2n1CCN(Cc1ccc(Cl)cc1)CC2. The lowest BCUT2D eigenvalue weighted by atomic mass is 10.2. The number of para-hydroxylation sites is 1. The van der Waals surface area contributed by atoms with Crippen LogP contribution in [0.2, 0.25) is 5.02 Å². The summed E-state index contributed by atoms with van der Waals surface area (Å²) in [7, 11) is 0. The van der Waals surface area contributed by atoms with E-state index in [2.05, 4.69) is 37.1 Å². The lowest BCUT2D eigenvalue weighted by Gasteiger charge is -2.20. The maximum Gasteiger partial charge on any atom is 0.258 e. The molecule has 0 saturated carbocycles. The van der Waals surface area contributed by atoms with Crippen LogP contribution in [0.4, 0.5) is 0 Å². The number of fused-ring (bicyclic) bond motifs is 1. The molecule has 0 fully saturated rings. The molecule has 1 N–H and O–H groups in total. The first kappa shape index (κ1) is 21.3. The van der Waals surface area contributed by atoms with E-state index >= 15 is 0 Å². The molecule has 0 radical (unpaired) electrons. The Bertz CT molecular complexity index is 1010. The van der Waals surface area contributed by atoms with Crippen LogP contribution in [0.5, 0.6) is 5.75 Å². The van der Waals surface area contributed by atoms with Crippen LogP contribution in [-0.4, -0.2) is 45.3 Å². The summed E-state index contributed by atoms with van der Waals surface area (Å²) in [5.41, 5.74) is 1.24. The minimum atomic E-state index is -0.254. The molecule has 0 saturated heterocycles. The van der Waals surface area contributed by atoms with E-state index in [1.54, 1.807) is 0 Å². The molecular formula is C23H26ClN5O2. The van der Waals surface area contributed by atoms with E-state index in [1.165, 1.54) is 5.56 Å². The van der Waals surface area contributed by atoms with Gasteiger partial charge >= 0.3 is 0 Å². The van der Waals surface area contributed by atoms with Crippen molar-refractivity contribution in [1.29, 1.82) is 0 Å². The molecule has 31 heavy (non-hydrogen) atoms. The van der Waals surface area contributed by atoms with Gasteiger partial charge in [-0.25, -0.2) is 0 Å². The van der Waals surface area contributed by atoms with E-state index in [1.807, 2.05) is 49.4 Å². The number of nitrogens with zero attached hydrogens (tertiary/aromatic N) is 4. The zero-order valence-electron chi connectivity index (χ0n) is 17.5. The molecule has 0 spiro atoms. The fourth-order valence-electron chi connectivity index (χ4n) is 3.73. The quantitative estimate of drug-likeness (QED) is 0.611. The van der Waals surface area contributed by atoms with Crippen LogP contribution in [0.15, 0.2) is 54.6 Å². The number of benzene rings is 2. The Kier molecular flexibility index (Phi) is 6.84. The number of ether oxygens (including phenoxy) is 1. The largest absolute Gasteiger partial charge is 0.484 e. The number of amides is 1. The van der Waals surface area contributed by atoms with Gasteiger partial charge in [-0.2, -0.15) is 0 Å². The minimum Gasteiger partial charge on any atom is -0.484 e. The number of nitrogens with one attached hydrogen (secondary N) is 1. The van der Waals surface area contributed by atoms with Gasteiger partial charge in [0.1, 0.15) is 11.6 Å². The van der Waals surface area contributed by atoms with Gasteiger partial charge in [-0.1, -0.05) is 41.9 Å². The smallest absolute Gasteiger partial charge is 0.258 e. The average Bonchev–Trinajstić information content (AvgIpc) is 3.09.